The summed E-state index contributed by atoms with van der Waals surface area (Å²) in [5, 5.41) is 0. The minimum absolute atomic E-state index is 1.03. The van der Waals surface area contributed by atoms with E-state index in [4.69, 9.17) is 0 Å². The van der Waals surface area contributed by atoms with Crippen LogP contribution >= 0.6 is 0 Å². The highest BCUT2D eigenvalue weighted by molar-refractivity contribution is 6.78. The smallest absolute Gasteiger partial charge is 0.0513 e. The fourth-order valence-corrected chi connectivity index (χ4v) is 5.18. The lowest BCUT2D eigenvalue weighted by molar-refractivity contribution is 1.02. The Labute approximate surface area is 90.4 Å². The van der Waals surface area contributed by atoms with Crippen LogP contribution in [0, 0.1) is 0 Å². The summed E-state index contributed by atoms with van der Waals surface area (Å²) in [6.07, 6.45) is 9.68. The van der Waals surface area contributed by atoms with Crippen LogP contribution in [0.15, 0.2) is 38.0 Å². The van der Waals surface area contributed by atoms with E-state index < -0.39 is 8.07 Å². The van der Waals surface area contributed by atoms with Gasteiger partial charge in [-0.15, -0.1) is 19.7 Å². The van der Waals surface area contributed by atoms with Gasteiger partial charge >= 0.3 is 0 Å². The minimum atomic E-state index is -1.03. The maximum Gasteiger partial charge on any atom is 0.0513 e. The summed E-state index contributed by atoms with van der Waals surface area (Å²) in [5.74, 6) is 0. The molecule has 0 aliphatic rings. The van der Waals surface area contributed by atoms with Gasteiger partial charge in [-0.2, -0.15) is 0 Å². The Kier molecular flexibility index (Phi) is 7.49. The van der Waals surface area contributed by atoms with E-state index in [1.165, 1.54) is 37.4 Å². The Bertz CT molecular complexity index is 150. The van der Waals surface area contributed by atoms with Crippen molar-refractivity contribution in [2.45, 2.75) is 43.9 Å². The molecule has 0 spiro atoms. The van der Waals surface area contributed by atoms with Gasteiger partial charge in [-0.1, -0.05) is 42.9 Å². The maximum atomic E-state index is 3.81. The molecule has 0 unspecified atom stereocenters. The number of allylic oxidation sites excluding steroid dienone is 3. The molecule has 0 aliphatic carbocycles. The molecular formula is C13H24Si. The van der Waals surface area contributed by atoms with Crippen molar-refractivity contribution < 1.29 is 0 Å². The van der Waals surface area contributed by atoms with Gasteiger partial charge < -0.3 is 0 Å². The van der Waals surface area contributed by atoms with E-state index in [2.05, 4.69) is 26.3 Å². The predicted octanol–water partition coefficient (Wildman–Crippen LogP) is 4.79. The fourth-order valence-electron chi connectivity index (χ4n) is 1.73. The van der Waals surface area contributed by atoms with Gasteiger partial charge in [-0.05, 0) is 19.3 Å². The van der Waals surface area contributed by atoms with E-state index in [1.54, 1.807) is 0 Å². The Balaban J connectivity index is 4.07. The number of rotatable bonds is 9. The van der Waals surface area contributed by atoms with Crippen molar-refractivity contribution in [3.05, 3.63) is 38.0 Å². The van der Waals surface area contributed by atoms with Crippen molar-refractivity contribution in [2.24, 2.45) is 0 Å². The van der Waals surface area contributed by atoms with Gasteiger partial charge in [0.2, 0.25) is 0 Å². The van der Waals surface area contributed by atoms with Crippen LogP contribution in [-0.2, 0) is 0 Å². The van der Waals surface area contributed by atoms with Crippen LogP contribution < -0.4 is 0 Å². The molecular weight excluding hydrogens is 184 g/mol. The fraction of sp³-hybridized carbons (Fsp3) is 0.538. The molecule has 0 N–H and O–H groups in total. The molecule has 0 rings (SSSR count). The van der Waals surface area contributed by atoms with Crippen molar-refractivity contribution in [3.8, 4) is 0 Å². The minimum Gasteiger partial charge on any atom is -0.103 e. The highest BCUT2D eigenvalue weighted by Crippen LogP contribution is 2.26. The summed E-state index contributed by atoms with van der Waals surface area (Å²) in [7, 11) is -1.03. The van der Waals surface area contributed by atoms with E-state index >= 15 is 0 Å². The zero-order valence-corrected chi connectivity index (χ0v) is 10.6. The quantitative estimate of drug-likeness (QED) is 0.377. The average Bonchev–Trinajstić information content (AvgIpc) is 2.21. The molecule has 0 nitrogen and oxygen atoms in total. The summed E-state index contributed by atoms with van der Waals surface area (Å²) >= 11 is 0. The van der Waals surface area contributed by atoms with Crippen molar-refractivity contribution in [2.75, 3.05) is 0 Å². The second-order valence-electron chi connectivity index (χ2n) is 4.29. The van der Waals surface area contributed by atoms with Crippen molar-refractivity contribution in [1.29, 1.82) is 0 Å². The van der Waals surface area contributed by atoms with Crippen LogP contribution in [0.1, 0.15) is 19.3 Å². The Morgan fingerprint density at radius 2 is 1.07 bits per heavy atom. The van der Waals surface area contributed by atoms with Crippen molar-refractivity contribution in [3.63, 3.8) is 0 Å². The monoisotopic (exact) mass is 208 g/mol. The lowest BCUT2D eigenvalue weighted by atomic mass is 10.5. The van der Waals surface area contributed by atoms with Gasteiger partial charge in [-0.25, -0.2) is 0 Å². The topological polar surface area (TPSA) is 0 Å². The zero-order chi connectivity index (χ0) is 10.9. The third-order valence-corrected chi connectivity index (χ3v) is 7.34. The molecule has 0 atom stereocenters. The summed E-state index contributed by atoms with van der Waals surface area (Å²) in [5.41, 5.74) is 0. The second-order valence-corrected chi connectivity index (χ2v) is 9.41. The molecule has 14 heavy (non-hydrogen) atoms. The summed E-state index contributed by atoms with van der Waals surface area (Å²) in [4.78, 5) is 0. The van der Waals surface area contributed by atoms with Gasteiger partial charge in [0.25, 0.3) is 0 Å². The SMILES string of the molecule is C=CCC[Si](C)(CCC=C)CCC=C. The van der Waals surface area contributed by atoms with E-state index in [1.807, 2.05) is 18.2 Å². The molecule has 0 radical (unpaired) electrons. The molecule has 0 bridgehead atoms. The van der Waals surface area contributed by atoms with Gasteiger partial charge in [-0.3, -0.25) is 0 Å². The van der Waals surface area contributed by atoms with Gasteiger partial charge in [0.15, 0.2) is 0 Å². The molecule has 1 heteroatoms. The molecule has 0 saturated carbocycles. The Hall–Kier alpha value is -0.563. The largest absolute Gasteiger partial charge is 0.103 e. The maximum absolute atomic E-state index is 3.81. The first-order chi connectivity index (χ1) is 6.68. The van der Waals surface area contributed by atoms with Crippen LogP contribution in [0.5, 0.6) is 0 Å². The van der Waals surface area contributed by atoms with Gasteiger partial charge in [0, 0.05) is 0 Å². The predicted molar refractivity (Wildman–Crippen MR) is 70.5 cm³/mol. The molecule has 0 heterocycles. The van der Waals surface area contributed by atoms with E-state index in [0.29, 0.717) is 0 Å². The third kappa shape index (κ3) is 5.98. The summed E-state index contributed by atoms with van der Waals surface area (Å²) < 4.78 is 0. The van der Waals surface area contributed by atoms with Crippen LogP contribution in [0.3, 0.4) is 0 Å². The molecule has 0 aromatic heterocycles. The van der Waals surface area contributed by atoms with Crippen molar-refractivity contribution >= 4 is 8.07 Å². The van der Waals surface area contributed by atoms with Crippen LogP contribution in [0.4, 0.5) is 0 Å². The normalized spacial score (nSPS) is 10.9. The van der Waals surface area contributed by atoms with Crippen LogP contribution in [0.25, 0.3) is 0 Å². The molecule has 80 valence electrons. The van der Waals surface area contributed by atoms with Gasteiger partial charge in [0.1, 0.15) is 0 Å². The molecule has 0 amide bonds. The highest BCUT2D eigenvalue weighted by atomic mass is 28.3. The molecule has 0 aromatic carbocycles. The second kappa shape index (κ2) is 7.81. The summed E-state index contributed by atoms with van der Waals surface area (Å²) in [6, 6.07) is 4.12. The Morgan fingerprint density at radius 3 is 1.29 bits per heavy atom. The van der Waals surface area contributed by atoms with Crippen LogP contribution in [0.2, 0.25) is 24.7 Å². The number of hydrogen-bond donors (Lipinski definition) is 0. The lowest BCUT2D eigenvalue weighted by Crippen LogP contribution is -2.28. The standard InChI is InChI=1S/C13H24Si/c1-5-8-11-14(4,12-9-6-2)13-10-7-3/h5-7H,1-3,8-13H2,4H3. The average molecular weight is 208 g/mol. The summed E-state index contributed by atoms with van der Waals surface area (Å²) in [6.45, 7) is 13.9. The molecule has 0 fully saturated rings. The lowest BCUT2D eigenvalue weighted by Gasteiger charge is -2.26. The Morgan fingerprint density at radius 1 is 0.786 bits per heavy atom. The van der Waals surface area contributed by atoms with E-state index in [-0.39, 0.29) is 0 Å². The first-order valence-corrected chi connectivity index (χ1v) is 8.63. The molecule has 0 aromatic rings. The molecule has 0 saturated heterocycles. The first kappa shape index (κ1) is 13.4. The van der Waals surface area contributed by atoms with E-state index in [0.717, 1.165) is 0 Å². The molecule has 0 aliphatic heterocycles. The highest BCUT2D eigenvalue weighted by Gasteiger charge is 2.23. The zero-order valence-electron chi connectivity index (χ0n) is 9.60. The third-order valence-electron chi connectivity index (χ3n) is 2.86. The van der Waals surface area contributed by atoms with Crippen LogP contribution in [-0.4, -0.2) is 8.07 Å². The first-order valence-electron chi connectivity index (χ1n) is 5.51. The van der Waals surface area contributed by atoms with E-state index in [9.17, 15) is 0 Å². The van der Waals surface area contributed by atoms with Crippen molar-refractivity contribution in [1.82, 2.24) is 0 Å². The number of hydrogen-bond acceptors (Lipinski definition) is 0. The van der Waals surface area contributed by atoms with Gasteiger partial charge in [0.05, 0.1) is 8.07 Å².